The van der Waals surface area contributed by atoms with Crippen molar-refractivity contribution in [3.8, 4) is 0 Å². The van der Waals surface area contributed by atoms with E-state index in [1.807, 2.05) is 30.2 Å². The molecule has 0 bridgehead atoms. The van der Waals surface area contributed by atoms with Gasteiger partial charge in [-0.15, -0.1) is 0 Å². The molecule has 7 heteroatoms. The van der Waals surface area contributed by atoms with Crippen molar-refractivity contribution >= 4 is 23.2 Å². The molecule has 3 heterocycles. The minimum absolute atomic E-state index is 0.0523. The van der Waals surface area contributed by atoms with E-state index in [4.69, 9.17) is 16.3 Å². The number of rotatable bonds is 8. The summed E-state index contributed by atoms with van der Waals surface area (Å²) >= 11 is 6.17. The van der Waals surface area contributed by atoms with E-state index in [1.165, 1.54) is 18.5 Å². The molecule has 1 saturated heterocycles. The average molecular weight is 471 g/mol. The SMILES string of the molecule is CCC1=C(C(=O)NCc2ccc(N3CCC(COC(C)C)CC3)cc2)N2C=C(Cl)C=CC2N1. The molecule has 1 amide bonds. The zero-order valence-corrected chi connectivity index (χ0v) is 20.6. The first-order chi connectivity index (χ1) is 15.9. The number of amides is 1. The van der Waals surface area contributed by atoms with Crippen molar-refractivity contribution in [3.05, 3.63) is 64.6 Å². The first-order valence-corrected chi connectivity index (χ1v) is 12.4. The normalized spacial score (nSPS) is 20.8. The first-order valence-electron chi connectivity index (χ1n) is 12.0. The van der Waals surface area contributed by atoms with Crippen LogP contribution in [-0.2, 0) is 16.1 Å². The molecule has 3 aliphatic heterocycles. The van der Waals surface area contributed by atoms with Gasteiger partial charge in [0.15, 0.2) is 0 Å². The maximum Gasteiger partial charge on any atom is 0.270 e. The number of carbonyl (C=O) groups is 1. The summed E-state index contributed by atoms with van der Waals surface area (Å²) < 4.78 is 5.79. The molecule has 1 unspecified atom stereocenters. The van der Waals surface area contributed by atoms with Crippen LogP contribution in [0.15, 0.2) is 59.0 Å². The van der Waals surface area contributed by atoms with Crippen LogP contribution in [0.3, 0.4) is 0 Å². The molecule has 0 aliphatic carbocycles. The Hall–Kier alpha value is -2.44. The molecule has 2 N–H and O–H groups in total. The summed E-state index contributed by atoms with van der Waals surface area (Å²) in [6.07, 6.45) is 8.97. The van der Waals surface area contributed by atoms with Crippen molar-refractivity contribution in [3.63, 3.8) is 0 Å². The van der Waals surface area contributed by atoms with Crippen LogP contribution in [0.4, 0.5) is 5.69 Å². The van der Waals surface area contributed by atoms with E-state index in [2.05, 4.69) is 53.6 Å². The quantitative estimate of drug-likeness (QED) is 0.588. The van der Waals surface area contributed by atoms with Gasteiger partial charge in [-0.2, -0.15) is 0 Å². The fourth-order valence-electron chi connectivity index (χ4n) is 4.56. The highest BCUT2D eigenvalue weighted by atomic mass is 35.5. The molecule has 0 spiro atoms. The van der Waals surface area contributed by atoms with Gasteiger partial charge in [-0.05, 0) is 68.9 Å². The number of halogens is 1. The largest absolute Gasteiger partial charge is 0.379 e. The number of anilines is 1. The van der Waals surface area contributed by atoms with Crippen molar-refractivity contribution in [1.29, 1.82) is 0 Å². The fourth-order valence-corrected chi connectivity index (χ4v) is 4.73. The lowest BCUT2D eigenvalue weighted by Crippen LogP contribution is -2.37. The Balaban J connectivity index is 1.30. The van der Waals surface area contributed by atoms with Crippen LogP contribution in [0, 0.1) is 5.92 Å². The molecule has 6 nitrogen and oxygen atoms in total. The van der Waals surface area contributed by atoms with E-state index in [1.54, 1.807) is 0 Å². The Bertz CT molecular complexity index is 930. The number of fused-ring (bicyclic) bond motifs is 1. The number of nitrogens with one attached hydrogen (secondary N) is 2. The highest BCUT2D eigenvalue weighted by molar-refractivity contribution is 6.31. The smallest absolute Gasteiger partial charge is 0.270 e. The predicted octanol–water partition coefficient (Wildman–Crippen LogP) is 4.45. The fraction of sp³-hybridized carbons (Fsp3) is 0.500. The van der Waals surface area contributed by atoms with Crippen LogP contribution in [0.1, 0.15) is 45.6 Å². The van der Waals surface area contributed by atoms with Gasteiger partial charge in [0.05, 0.1) is 11.1 Å². The topological polar surface area (TPSA) is 56.8 Å². The molecular weight excluding hydrogens is 436 g/mol. The summed E-state index contributed by atoms with van der Waals surface area (Å²) in [5, 5.41) is 7.09. The summed E-state index contributed by atoms with van der Waals surface area (Å²) in [5.74, 6) is 0.567. The minimum Gasteiger partial charge on any atom is -0.379 e. The number of carbonyl (C=O) groups excluding carboxylic acids is 1. The van der Waals surface area contributed by atoms with E-state index in [0.29, 0.717) is 29.3 Å². The zero-order valence-electron chi connectivity index (χ0n) is 19.8. The van der Waals surface area contributed by atoms with Crippen molar-refractivity contribution in [1.82, 2.24) is 15.5 Å². The first kappa shape index (κ1) is 23.7. The summed E-state index contributed by atoms with van der Waals surface area (Å²) in [6.45, 7) is 9.71. The molecular formula is C26H35ClN4O2. The maximum absolute atomic E-state index is 13.0. The van der Waals surface area contributed by atoms with Gasteiger partial charge in [0.1, 0.15) is 11.9 Å². The lowest BCUT2D eigenvalue weighted by Gasteiger charge is -2.34. The van der Waals surface area contributed by atoms with Crippen LogP contribution >= 0.6 is 11.6 Å². The number of hydrogen-bond acceptors (Lipinski definition) is 5. The predicted molar refractivity (Wildman–Crippen MR) is 133 cm³/mol. The molecule has 1 aromatic rings. The number of hydrogen-bond donors (Lipinski definition) is 2. The Morgan fingerprint density at radius 1 is 1.24 bits per heavy atom. The monoisotopic (exact) mass is 470 g/mol. The third kappa shape index (κ3) is 5.74. The van der Waals surface area contributed by atoms with Crippen molar-refractivity contribution in [2.45, 2.75) is 58.8 Å². The molecule has 33 heavy (non-hydrogen) atoms. The van der Waals surface area contributed by atoms with Gasteiger partial charge in [0.25, 0.3) is 5.91 Å². The van der Waals surface area contributed by atoms with Crippen LogP contribution in [0.5, 0.6) is 0 Å². The van der Waals surface area contributed by atoms with Crippen LogP contribution in [0.2, 0.25) is 0 Å². The van der Waals surface area contributed by atoms with Gasteiger partial charge in [-0.1, -0.05) is 30.7 Å². The molecule has 1 aromatic carbocycles. The maximum atomic E-state index is 13.0. The molecule has 0 saturated carbocycles. The van der Waals surface area contributed by atoms with Crippen molar-refractivity contribution in [2.24, 2.45) is 5.92 Å². The summed E-state index contributed by atoms with van der Waals surface area (Å²) in [7, 11) is 0. The minimum atomic E-state index is -0.0902. The summed E-state index contributed by atoms with van der Waals surface area (Å²) in [4.78, 5) is 17.4. The van der Waals surface area contributed by atoms with Crippen LogP contribution in [-0.4, -0.2) is 42.8 Å². The summed E-state index contributed by atoms with van der Waals surface area (Å²) in [6, 6.07) is 8.53. The van der Waals surface area contributed by atoms with E-state index in [9.17, 15) is 4.79 Å². The Labute approximate surface area is 202 Å². The Morgan fingerprint density at radius 3 is 2.64 bits per heavy atom. The zero-order chi connectivity index (χ0) is 23.4. The van der Waals surface area contributed by atoms with Crippen molar-refractivity contribution < 1.29 is 9.53 Å². The summed E-state index contributed by atoms with van der Waals surface area (Å²) in [5.41, 5.74) is 3.90. The number of ether oxygens (including phenoxy) is 1. The Morgan fingerprint density at radius 2 is 1.97 bits per heavy atom. The van der Waals surface area contributed by atoms with E-state index < -0.39 is 0 Å². The highest BCUT2D eigenvalue weighted by Gasteiger charge is 2.33. The van der Waals surface area contributed by atoms with Gasteiger partial charge < -0.3 is 25.2 Å². The molecule has 4 rings (SSSR count). The second kappa shape index (κ2) is 10.7. The van der Waals surface area contributed by atoms with Gasteiger partial charge in [-0.25, -0.2) is 0 Å². The van der Waals surface area contributed by atoms with Gasteiger partial charge in [-0.3, -0.25) is 4.79 Å². The molecule has 3 aliphatic rings. The average Bonchev–Trinajstić information content (AvgIpc) is 3.19. The van der Waals surface area contributed by atoms with Gasteiger partial charge >= 0.3 is 0 Å². The molecule has 1 atom stereocenters. The molecule has 1 fully saturated rings. The lowest BCUT2D eigenvalue weighted by atomic mass is 9.97. The van der Waals surface area contributed by atoms with E-state index in [-0.39, 0.29) is 12.1 Å². The van der Waals surface area contributed by atoms with Crippen molar-refractivity contribution in [2.75, 3.05) is 24.6 Å². The van der Waals surface area contributed by atoms with Crippen LogP contribution < -0.4 is 15.5 Å². The van der Waals surface area contributed by atoms with Crippen LogP contribution in [0.25, 0.3) is 0 Å². The van der Waals surface area contributed by atoms with Gasteiger partial charge in [0.2, 0.25) is 0 Å². The number of allylic oxidation sites excluding steroid dienone is 3. The third-order valence-electron chi connectivity index (χ3n) is 6.47. The highest BCUT2D eigenvalue weighted by Crippen LogP contribution is 2.29. The number of piperidine rings is 1. The second-order valence-corrected chi connectivity index (χ2v) is 9.65. The number of benzene rings is 1. The number of nitrogens with zero attached hydrogens (tertiary/aromatic N) is 2. The second-order valence-electron chi connectivity index (χ2n) is 9.21. The molecule has 178 valence electrons. The third-order valence-corrected chi connectivity index (χ3v) is 6.69. The standard InChI is InChI=1S/C26H35ClN4O2/c1-4-23-25(31-16-21(27)7-10-24(31)29-23)26(32)28-15-19-5-8-22(9-6-19)30-13-11-20(12-14-30)17-33-18(2)3/h5-10,16,18,20,24,29H,4,11-15,17H2,1-3H3,(H,28,32). The molecule has 0 aromatic heterocycles. The Kier molecular flexibility index (Phi) is 7.66. The van der Waals surface area contributed by atoms with E-state index in [0.717, 1.165) is 37.4 Å². The van der Waals surface area contributed by atoms with E-state index >= 15 is 0 Å². The lowest BCUT2D eigenvalue weighted by molar-refractivity contribution is -0.118. The molecule has 0 radical (unpaired) electrons. The van der Waals surface area contributed by atoms with Gasteiger partial charge in [0, 0.05) is 43.8 Å².